The molecule has 4 rings (SSSR count). The van der Waals surface area contributed by atoms with E-state index < -0.39 is 22.9 Å². The molecule has 6 nitrogen and oxygen atoms in total. The van der Waals surface area contributed by atoms with E-state index in [0.717, 1.165) is 43.3 Å². The van der Waals surface area contributed by atoms with E-state index in [2.05, 4.69) is 33.0 Å². The molecule has 6 heteroatoms. The summed E-state index contributed by atoms with van der Waals surface area (Å²) < 4.78 is 0. The first-order valence-corrected chi connectivity index (χ1v) is 12.6. The minimum atomic E-state index is -1.04. The van der Waals surface area contributed by atoms with Gasteiger partial charge in [-0.15, -0.1) is 0 Å². The van der Waals surface area contributed by atoms with Crippen LogP contribution in [0.3, 0.4) is 0 Å². The van der Waals surface area contributed by atoms with Crippen molar-refractivity contribution in [3.8, 4) is 0 Å². The molecule has 6 atom stereocenters. The zero-order chi connectivity index (χ0) is 25.5. The molecule has 34 heavy (non-hydrogen) atoms. The van der Waals surface area contributed by atoms with E-state index in [1.54, 1.807) is 32.9 Å². The number of carboxylic acids is 1. The average Bonchev–Trinajstić information content (AvgIpc) is 2.73. The number of hydrogen-bond acceptors (Lipinski definition) is 5. The highest BCUT2D eigenvalue weighted by molar-refractivity contribution is 5.98. The predicted octanol–water partition coefficient (Wildman–Crippen LogP) is 4.84. The molecule has 0 aromatic carbocycles. The Hall–Kier alpha value is -1.92. The van der Waals surface area contributed by atoms with E-state index >= 15 is 0 Å². The van der Waals surface area contributed by atoms with Crippen LogP contribution >= 0.6 is 0 Å². The Morgan fingerprint density at radius 2 is 1.79 bits per heavy atom. The first-order valence-electron chi connectivity index (χ1n) is 12.6. The molecule has 1 heterocycles. The molecule has 3 aliphatic carbocycles. The molecular formula is C28H41NO5. The third kappa shape index (κ3) is 3.43. The van der Waals surface area contributed by atoms with Crippen molar-refractivity contribution in [2.24, 2.45) is 22.2 Å². The molecule has 4 aliphatic rings. The number of rotatable bonds is 4. The number of carbonyl (C=O) groups is 2. The average molecular weight is 472 g/mol. The van der Waals surface area contributed by atoms with Crippen molar-refractivity contribution in [2.75, 3.05) is 0 Å². The highest BCUT2D eigenvalue weighted by atomic mass is 16.4. The molecule has 0 radical (unpaired) electrons. The smallest absolute Gasteiger partial charge is 0.309 e. The topological polar surface area (TPSA) is 107 Å². The van der Waals surface area contributed by atoms with Crippen molar-refractivity contribution < 1.29 is 24.9 Å². The van der Waals surface area contributed by atoms with E-state index in [1.165, 1.54) is 0 Å². The Labute approximate surface area is 203 Å². The maximum atomic E-state index is 13.8. The lowest BCUT2D eigenvalue weighted by molar-refractivity contribution is -0.151. The van der Waals surface area contributed by atoms with Crippen molar-refractivity contribution >= 4 is 11.8 Å². The zero-order valence-electron chi connectivity index (χ0n) is 21.7. The lowest BCUT2D eigenvalue weighted by Crippen LogP contribution is -2.73. The molecule has 188 valence electrons. The number of aliphatic carboxylic acids is 1. The summed E-state index contributed by atoms with van der Waals surface area (Å²) in [5.41, 5.74) is 0.375. The number of allylic oxidation sites excluding steroid dienone is 4. The highest BCUT2D eigenvalue weighted by Gasteiger charge is 2.66. The molecule has 1 unspecified atom stereocenters. The predicted molar refractivity (Wildman–Crippen MR) is 131 cm³/mol. The fourth-order valence-electron chi connectivity index (χ4n) is 7.45. The van der Waals surface area contributed by atoms with Gasteiger partial charge >= 0.3 is 5.97 Å². The van der Waals surface area contributed by atoms with Gasteiger partial charge in [0, 0.05) is 22.4 Å². The third-order valence-corrected chi connectivity index (χ3v) is 10.2. The molecule has 0 amide bonds. The van der Waals surface area contributed by atoms with Gasteiger partial charge in [0.2, 0.25) is 0 Å². The molecular weight excluding hydrogens is 430 g/mol. The monoisotopic (exact) mass is 471 g/mol. The summed E-state index contributed by atoms with van der Waals surface area (Å²) in [6.45, 7) is 14.2. The minimum Gasteiger partial charge on any atom is -0.509 e. The van der Waals surface area contributed by atoms with E-state index in [4.69, 9.17) is 0 Å². The molecule has 1 saturated heterocycles. The van der Waals surface area contributed by atoms with Crippen molar-refractivity contribution in [2.45, 2.75) is 104 Å². The molecule has 0 aromatic rings. The van der Waals surface area contributed by atoms with Gasteiger partial charge in [0.05, 0.1) is 5.41 Å². The first-order chi connectivity index (χ1) is 15.5. The summed E-state index contributed by atoms with van der Waals surface area (Å²) in [5.74, 6) is -0.980. The van der Waals surface area contributed by atoms with Crippen LogP contribution in [0.15, 0.2) is 34.6 Å². The zero-order valence-corrected chi connectivity index (χ0v) is 21.7. The Bertz CT molecular complexity index is 1040. The molecule has 2 fully saturated rings. The van der Waals surface area contributed by atoms with Gasteiger partial charge in [-0.1, -0.05) is 13.8 Å². The second-order valence-corrected chi connectivity index (χ2v) is 13.0. The molecule has 1 aliphatic heterocycles. The summed E-state index contributed by atoms with van der Waals surface area (Å²) in [6.07, 6.45) is 7.15. The van der Waals surface area contributed by atoms with Gasteiger partial charge in [-0.2, -0.15) is 0 Å². The summed E-state index contributed by atoms with van der Waals surface area (Å²) >= 11 is 0. The van der Waals surface area contributed by atoms with Crippen LogP contribution in [-0.2, 0) is 9.59 Å². The number of aliphatic hydroxyl groups is 2. The van der Waals surface area contributed by atoms with Crippen molar-refractivity contribution in [1.82, 2.24) is 5.32 Å². The number of ketones is 1. The number of carboxylic acid groups (broad SMARTS) is 1. The lowest BCUT2D eigenvalue weighted by Gasteiger charge is -2.67. The van der Waals surface area contributed by atoms with Crippen LogP contribution in [-0.4, -0.2) is 44.3 Å². The SMILES string of the molecule is CC1=C(O)C(O)C=C2C1=CC(=O)[C@H]1[C@@]2(C)CC[C@@]2(C)N[C@](C)(CCC(C)(C)C(=O)O)CC[C@]12C. The Kier molecular flexibility index (Phi) is 5.58. The first kappa shape index (κ1) is 25.2. The fourth-order valence-corrected chi connectivity index (χ4v) is 7.45. The van der Waals surface area contributed by atoms with Crippen molar-refractivity contribution in [3.05, 3.63) is 34.6 Å². The van der Waals surface area contributed by atoms with Gasteiger partial charge < -0.3 is 20.6 Å². The molecule has 0 aromatic heterocycles. The minimum absolute atomic E-state index is 0.0731. The molecule has 4 N–H and O–H groups in total. The van der Waals surface area contributed by atoms with Crippen LogP contribution in [0, 0.1) is 22.2 Å². The number of carbonyl (C=O) groups excluding carboxylic acids is 1. The van der Waals surface area contributed by atoms with Crippen LogP contribution in [0.1, 0.15) is 87.0 Å². The summed E-state index contributed by atoms with van der Waals surface area (Å²) in [6, 6.07) is 0. The Balaban J connectivity index is 1.69. The van der Waals surface area contributed by atoms with E-state index in [9.17, 15) is 24.9 Å². The van der Waals surface area contributed by atoms with Gasteiger partial charge in [0.15, 0.2) is 5.78 Å². The fraction of sp³-hybridized carbons (Fsp3) is 0.714. The maximum absolute atomic E-state index is 13.8. The summed E-state index contributed by atoms with van der Waals surface area (Å²) in [4.78, 5) is 25.4. The number of aliphatic hydroxyl groups excluding tert-OH is 2. The second-order valence-electron chi connectivity index (χ2n) is 13.0. The number of piperidine rings is 1. The van der Waals surface area contributed by atoms with Crippen molar-refractivity contribution in [1.29, 1.82) is 0 Å². The number of nitrogens with one attached hydrogen (secondary N) is 1. The standard InChI is InChI=1S/C28H41NO5/c1-16-17-14-20(31)22-26(5,18(17)15-19(30)21(16)32)11-13-28(7)27(22,6)12-10-25(4,29-28)9-8-24(2,3)23(33)34/h14-15,19,22,29-30,32H,8-13H2,1-7H3,(H,33,34)/t19?,22-,25+,26-,27+,28+/m0/s1. The normalized spacial score (nSPS) is 42.3. The summed E-state index contributed by atoms with van der Waals surface area (Å²) in [5, 5.41) is 34.3. The second kappa shape index (κ2) is 7.54. The Morgan fingerprint density at radius 1 is 1.15 bits per heavy atom. The van der Waals surface area contributed by atoms with Crippen LogP contribution in [0.2, 0.25) is 0 Å². The number of fused-ring (bicyclic) bond motifs is 5. The largest absolute Gasteiger partial charge is 0.509 e. The van der Waals surface area contributed by atoms with Gasteiger partial charge in [-0.05, 0) is 107 Å². The summed E-state index contributed by atoms with van der Waals surface area (Å²) in [7, 11) is 0. The van der Waals surface area contributed by atoms with Crippen LogP contribution in [0.5, 0.6) is 0 Å². The van der Waals surface area contributed by atoms with Crippen LogP contribution in [0.25, 0.3) is 0 Å². The van der Waals surface area contributed by atoms with E-state index in [-0.39, 0.29) is 34.0 Å². The quantitative estimate of drug-likeness (QED) is 0.467. The number of hydrogen-bond donors (Lipinski definition) is 4. The van der Waals surface area contributed by atoms with Gasteiger partial charge in [0.25, 0.3) is 0 Å². The maximum Gasteiger partial charge on any atom is 0.309 e. The van der Waals surface area contributed by atoms with E-state index in [0.29, 0.717) is 12.0 Å². The molecule has 0 bridgehead atoms. The van der Waals surface area contributed by atoms with Gasteiger partial charge in [-0.3, -0.25) is 9.59 Å². The highest BCUT2D eigenvalue weighted by Crippen LogP contribution is 2.66. The lowest BCUT2D eigenvalue weighted by atomic mass is 9.41. The molecule has 1 saturated carbocycles. The third-order valence-electron chi connectivity index (χ3n) is 10.2. The van der Waals surface area contributed by atoms with E-state index in [1.807, 2.05) is 0 Å². The molecule has 0 spiro atoms. The van der Waals surface area contributed by atoms with Crippen LogP contribution in [0.4, 0.5) is 0 Å². The van der Waals surface area contributed by atoms with Crippen LogP contribution < -0.4 is 5.32 Å². The van der Waals surface area contributed by atoms with Gasteiger partial charge in [0.1, 0.15) is 11.9 Å². The van der Waals surface area contributed by atoms with Gasteiger partial charge in [-0.25, -0.2) is 0 Å². The Morgan fingerprint density at radius 3 is 2.41 bits per heavy atom. The van der Waals surface area contributed by atoms with Crippen molar-refractivity contribution in [3.63, 3.8) is 0 Å².